The largest absolute Gasteiger partial charge is 0.396 e. The van der Waals surface area contributed by atoms with E-state index >= 15 is 0 Å². The van der Waals surface area contributed by atoms with E-state index in [4.69, 9.17) is 5.11 Å². The molecule has 1 nitrogen and oxygen atoms in total. The van der Waals surface area contributed by atoms with Gasteiger partial charge >= 0.3 is 0 Å². The molecule has 0 heterocycles. The van der Waals surface area contributed by atoms with Gasteiger partial charge in [0.15, 0.2) is 0 Å². The van der Waals surface area contributed by atoms with Crippen LogP contribution in [0.2, 0.25) is 0 Å². The summed E-state index contributed by atoms with van der Waals surface area (Å²) in [6.07, 6.45) is 0.545. The van der Waals surface area contributed by atoms with E-state index in [-0.39, 0.29) is 12.5 Å². The average molecular weight is 104 g/mol. The minimum atomic E-state index is -1.03. The fraction of sp³-hybridized carbons (Fsp3) is 1.00. The van der Waals surface area contributed by atoms with E-state index in [1.807, 2.05) is 0 Å². The van der Waals surface area contributed by atoms with Crippen molar-refractivity contribution in [3.05, 3.63) is 0 Å². The molecule has 42 valence electrons. The number of halogens is 1. The molecule has 0 aliphatic heterocycles. The second-order valence-corrected chi connectivity index (χ2v) is 2.36. The third kappa shape index (κ3) is 0.752. The van der Waals surface area contributed by atoms with Gasteiger partial charge < -0.3 is 5.11 Å². The van der Waals surface area contributed by atoms with Crippen LogP contribution in [-0.4, -0.2) is 17.4 Å². The Morgan fingerprint density at radius 2 is 2.43 bits per heavy atom. The standard InChI is InChI=1S/C5H9FO/c1-5(6)2-4(5)3-7/h4,7H,2-3H2,1H3. The molecule has 0 saturated heterocycles. The summed E-state index contributed by atoms with van der Waals surface area (Å²) in [6, 6.07) is 0. The normalized spacial score (nSPS) is 49.3. The topological polar surface area (TPSA) is 20.2 Å². The highest BCUT2D eigenvalue weighted by molar-refractivity contribution is 4.99. The molecule has 0 aromatic heterocycles. The zero-order valence-electron chi connectivity index (χ0n) is 4.32. The van der Waals surface area contributed by atoms with Crippen molar-refractivity contribution in [2.75, 3.05) is 6.61 Å². The molecule has 1 aliphatic carbocycles. The van der Waals surface area contributed by atoms with Crippen molar-refractivity contribution in [1.29, 1.82) is 0 Å². The first-order chi connectivity index (χ1) is 3.17. The van der Waals surface area contributed by atoms with E-state index in [9.17, 15) is 4.39 Å². The molecule has 0 amide bonds. The van der Waals surface area contributed by atoms with Gasteiger partial charge in [-0.3, -0.25) is 0 Å². The van der Waals surface area contributed by atoms with Gasteiger partial charge in [-0.2, -0.15) is 0 Å². The van der Waals surface area contributed by atoms with Crippen molar-refractivity contribution in [3.8, 4) is 0 Å². The maximum atomic E-state index is 12.3. The molecule has 0 spiro atoms. The Morgan fingerprint density at radius 1 is 2.00 bits per heavy atom. The molecular formula is C5H9FO. The van der Waals surface area contributed by atoms with Crippen LogP contribution in [-0.2, 0) is 0 Å². The zero-order valence-corrected chi connectivity index (χ0v) is 4.32. The molecule has 1 aliphatic rings. The van der Waals surface area contributed by atoms with E-state index in [2.05, 4.69) is 0 Å². The van der Waals surface area contributed by atoms with Gasteiger partial charge in [-0.1, -0.05) is 0 Å². The summed E-state index contributed by atoms with van der Waals surface area (Å²) >= 11 is 0. The molecule has 1 rings (SSSR count). The van der Waals surface area contributed by atoms with Gasteiger partial charge in [-0.25, -0.2) is 4.39 Å². The maximum Gasteiger partial charge on any atom is 0.113 e. The Balaban J connectivity index is 2.30. The van der Waals surface area contributed by atoms with Gasteiger partial charge in [-0.15, -0.1) is 0 Å². The van der Waals surface area contributed by atoms with Crippen molar-refractivity contribution in [2.24, 2.45) is 5.92 Å². The van der Waals surface area contributed by atoms with Crippen LogP contribution in [0.15, 0.2) is 0 Å². The molecule has 1 saturated carbocycles. The van der Waals surface area contributed by atoms with Gasteiger partial charge in [0.05, 0.1) is 0 Å². The van der Waals surface area contributed by atoms with Gasteiger partial charge in [0.1, 0.15) is 5.67 Å². The summed E-state index contributed by atoms with van der Waals surface area (Å²) in [5.41, 5.74) is -1.03. The predicted molar refractivity (Wildman–Crippen MR) is 24.7 cm³/mol. The number of aliphatic hydroxyl groups is 1. The smallest absolute Gasteiger partial charge is 0.113 e. The van der Waals surface area contributed by atoms with Crippen molar-refractivity contribution < 1.29 is 9.50 Å². The number of alkyl halides is 1. The zero-order chi connectivity index (χ0) is 5.49. The molecule has 2 atom stereocenters. The second-order valence-electron chi connectivity index (χ2n) is 2.36. The summed E-state index contributed by atoms with van der Waals surface area (Å²) in [6.45, 7) is 1.53. The number of hydrogen-bond acceptors (Lipinski definition) is 1. The lowest BCUT2D eigenvalue weighted by Gasteiger charge is -1.91. The maximum absolute atomic E-state index is 12.3. The van der Waals surface area contributed by atoms with Gasteiger partial charge in [0, 0.05) is 12.5 Å². The van der Waals surface area contributed by atoms with Crippen LogP contribution in [0.25, 0.3) is 0 Å². The van der Waals surface area contributed by atoms with Gasteiger partial charge in [0.25, 0.3) is 0 Å². The van der Waals surface area contributed by atoms with Crippen molar-refractivity contribution in [2.45, 2.75) is 19.0 Å². The summed E-state index contributed by atoms with van der Waals surface area (Å²) in [5.74, 6) is -0.0625. The summed E-state index contributed by atoms with van der Waals surface area (Å²) in [7, 11) is 0. The summed E-state index contributed by atoms with van der Waals surface area (Å²) in [5, 5.41) is 8.30. The third-order valence-electron chi connectivity index (χ3n) is 1.56. The molecule has 2 unspecified atom stereocenters. The van der Waals surface area contributed by atoms with Crippen LogP contribution in [0, 0.1) is 5.92 Å². The average Bonchev–Trinajstić information content (AvgIpc) is 2.13. The SMILES string of the molecule is CC1(F)CC1CO. The first kappa shape index (κ1) is 5.04. The number of aliphatic hydroxyl groups excluding tert-OH is 1. The first-order valence-electron chi connectivity index (χ1n) is 2.46. The van der Waals surface area contributed by atoms with Crippen LogP contribution in [0.4, 0.5) is 4.39 Å². The molecule has 2 heteroatoms. The van der Waals surface area contributed by atoms with E-state index in [1.54, 1.807) is 0 Å². The fourth-order valence-corrected chi connectivity index (χ4v) is 0.678. The third-order valence-corrected chi connectivity index (χ3v) is 1.56. The molecule has 0 radical (unpaired) electrons. The van der Waals surface area contributed by atoms with Crippen molar-refractivity contribution >= 4 is 0 Å². The minimum absolute atomic E-state index is 0.00694. The van der Waals surface area contributed by atoms with Gasteiger partial charge in [0.2, 0.25) is 0 Å². The highest BCUT2D eigenvalue weighted by Crippen LogP contribution is 2.45. The Bertz CT molecular complexity index is 80.1. The van der Waals surface area contributed by atoms with Crippen LogP contribution in [0.5, 0.6) is 0 Å². The van der Waals surface area contributed by atoms with E-state index < -0.39 is 5.67 Å². The summed E-state index contributed by atoms with van der Waals surface area (Å²) < 4.78 is 12.3. The van der Waals surface area contributed by atoms with Crippen LogP contribution in [0.3, 0.4) is 0 Å². The summed E-state index contributed by atoms with van der Waals surface area (Å²) in [4.78, 5) is 0. The fourth-order valence-electron chi connectivity index (χ4n) is 0.678. The Kier molecular flexibility index (Phi) is 0.854. The minimum Gasteiger partial charge on any atom is -0.396 e. The van der Waals surface area contributed by atoms with Crippen molar-refractivity contribution in [1.82, 2.24) is 0 Å². The van der Waals surface area contributed by atoms with Crippen molar-refractivity contribution in [3.63, 3.8) is 0 Å². The Labute approximate surface area is 42.2 Å². The molecule has 0 aromatic rings. The molecular weight excluding hydrogens is 95.1 g/mol. The molecule has 0 aromatic carbocycles. The van der Waals surface area contributed by atoms with Gasteiger partial charge in [-0.05, 0) is 13.3 Å². The molecule has 0 bridgehead atoms. The second kappa shape index (κ2) is 1.19. The van der Waals surface area contributed by atoms with Crippen LogP contribution in [0.1, 0.15) is 13.3 Å². The quantitative estimate of drug-likeness (QED) is 0.520. The lowest BCUT2D eigenvalue weighted by Crippen LogP contribution is -1.98. The molecule has 1 fully saturated rings. The highest BCUT2D eigenvalue weighted by Gasteiger charge is 2.50. The monoisotopic (exact) mass is 104 g/mol. The molecule has 1 N–H and O–H groups in total. The predicted octanol–water partition coefficient (Wildman–Crippen LogP) is 0.727. The highest BCUT2D eigenvalue weighted by atomic mass is 19.1. The van der Waals surface area contributed by atoms with E-state index in [0.29, 0.717) is 6.42 Å². The van der Waals surface area contributed by atoms with Crippen LogP contribution >= 0.6 is 0 Å². The lowest BCUT2D eigenvalue weighted by molar-refractivity contribution is 0.223. The van der Waals surface area contributed by atoms with E-state index in [1.165, 1.54) is 6.92 Å². The number of hydrogen-bond donors (Lipinski definition) is 1. The van der Waals surface area contributed by atoms with E-state index in [0.717, 1.165) is 0 Å². The first-order valence-corrected chi connectivity index (χ1v) is 2.46. The Morgan fingerprint density at radius 3 is 2.43 bits per heavy atom. The Hall–Kier alpha value is -0.110. The number of rotatable bonds is 1. The molecule has 7 heavy (non-hydrogen) atoms. The lowest BCUT2D eigenvalue weighted by atomic mass is 10.3. The van der Waals surface area contributed by atoms with Crippen LogP contribution < -0.4 is 0 Å².